The first-order valence-corrected chi connectivity index (χ1v) is 10.3. The molecule has 0 unspecified atom stereocenters. The number of anilines is 1. The fourth-order valence-corrected chi connectivity index (χ4v) is 4.16. The smallest absolute Gasteiger partial charge is 0.257 e. The summed E-state index contributed by atoms with van der Waals surface area (Å²) in [6, 6.07) is 5.48. The van der Waals surface area contributed by atoms with Gasteiger partial charge in [-0.3, -0.25) is 9.78 Å². The molecule has 1 aliphatic heterocycles. The van der Waals surface area contributed by atoms with Crippen LogP contribution in [0.15, 0.2) is 30.6 Å². The predicted octanol–water partition coefficient (Wildman–Crippen LogP) is 1.84. The van der Waals surface area contributed by atoms with Crippen LogP contribution < -0.4 is 5.32 Å². The number of nitrogens with zero attached hydrogens (tertiary/aromatic N) is 3. The maximum atomic E-state index is 12.8. The number of rotatable bonds is 3. The van der Waals surface area contributed by atoms with Crippen LogP contribution in [0.25, 0.3) is 11.0 Å². The molecule has 8 nitrogen and oxygen atoms in total. The third kappa shape index (κ3) is 3.43. The molecular formula is C18H19N5O3S. The van der Waals surface area contributed by atoms with Crippen LogP contribution in [-0.2, 0) is 23.0 Å². The number of aromatic nitrogens is 3. The molecule has 3 aromatic rings. The lowest BCUT2D eigenvalue weighted by Crippen LogP contribution is -2.36. The van der Waals surface area contributed by atoms with Crippen molar-refractivity contribution in [1.29, 1.82) is 0 Å². The minimum atomic E-state index is -3.27. The minimum absolute atomic E-state index is 0.238. The molecule has 1 amide bonds. The van der Waals surface area contributed by atoms with Gasteiger partial charge in [0.05, 0.1) is 22.9 Å². The van der Waals surface area contributed by atoms with E-state index < -0.39 is 10.0 Å². The Morgan fingerprint density at radius 2 is 2.11 bits per heavy atom. The summed E-state index contributed by atoms with van der Waals surface area (Å²) in [4.78, 5) is 24.4. The number of sulfonamides is 1. The lowest BCUT2D eigenvalue weighted by molar-refractivity contribution is 0.102. The summed E-state index contributed by atoms with van der Waals surface area (Å²) in [5.74, 6) is 0.549. The van der Waals surface area contributed by atoms with Gasteiger partial charge in [-0.1, -0.05) is 0 Å². The van der Waals surface area contributed by atoms with Crippen LogP contribution in [0, 0.1) is 6.92 Å². The lowest BCUT2D eigenvalue weighted by atomic mass is 9.98. The molecule has 0 saturated carbocycles. The van der Waals surface area contributed by atoms with Gasteiger partial charge >= 0.3 is 0 Å². The van der Waals surface area contributed by atoms with Gasteiger partial charge < -0.3 is 10.3 Å². The Hall–Kier alpha value is -2.78. The van der Waals surface area contributed by atoms with Crippen LogP contribution in [-0.4, -0.2) is 46.4 Å². The van der Waals surface area contributed by atoms with Crippen molar-refractivity contribution in [3.8, 4) is 0 Å². The van der Waals surface area contributed by atoms with E-state index in [4.69, 9.17) is 0 Å². The van der Waals surface area contributed by atoms with Crippen molar-refractivity contribution in [2.24, 2.45) is 0 Å². The largest absolute Gasteiger partial charge is 0.342 e. The van der Waals surface area contributed by atoms with Crippen LogP contribution in [0.2, 0.25) is 0 Å². The molecule has 1 aromatic carbocycles. The summed E-state index contributed by atoms with van der Waals surface area (Å²) in [6.07, 6.45) is 4.83. The summed E-state index contributed by atoms with van der Waals surface area (Å²) in [7, 11) is -3.27. The van der Waals surface area contributed by atoms with Crippen molar-refractivity contribution in [3.05, 3.63) is 53.1 Å². The normalized spacial score (nSPS) is 14.9. The third-order valence-electron chi connectivity index (χ3n) is 4.68. The number of aromatic amines is 1. The highest BCUT2D eigenvalue weighted by Crippen LogP contribution is 2.24. The number of benzene rings is 1. The second-order valence-electron chi connectivity index (χ2n) is 6.68. The monoisotopic (exact) mass is 385 g/mol. The quantitative estimate of drug-likeness (QED) is 0.715. The molecule has 140 valence electrons. The van der Waals surface area contributed by atoms with Gasteiger partial charge in [0.15, 0.2) is 0 Å². The van der Waals surface area contributed by atoms with Crippen LogP contribution in [0.4, 0.5) is 5.69 Å². The van der Waals surface area contributed by atoms with E-state index >= 15 is 0 Å². The van der Waals surface area contributed by atoms with Gasteiger partial charge in [0.2, 0.25) is 10.0 Å². The summed E-state index contributed by atoms with van der Waals surface area (Å²) < 4.78 is 25.0. The molecule has 9 heteroatoms. The fraction of sp³-hybridized carbons (Fsp3) is 0.278. The number of hydrogen-bond donors (Lipinski definition) is 2. The molecular weight excluding hydrogens is 366 g/mol. The SMILES string of the molecule is Cc1nc2ccc(NC(=O)c3cncc4c3CCN(S(C)(=O)=O)C4)cc2[nH]1. The first-order valence-electron chi connectivity index (χ1n) is 8.50. The second-order valence-corrected chi connectivity index (χ2v) is 8.66. The Morgan fingerprint density at radius 3 is 2.89 bits per heavy atom. The van der Waals surface area contributed by atoms with Crippen molar-refractivity contribution in [1.82, 2.24) is 19.3 Å². The Balaban J connectivity index is 1.61. The van der Waals surface area contributed by atoms with E-state index in [0.717, 1.165) is 28.0 Å². The summed E-state index contributed by atoms with van der Waals surface area (Å²) >= 11 is 0. The number of aryl methyl sites for hydroxylation is 1. The van der Waals surface area contributed by atoms with Gasteiger partial charge in [-0.2, -0.15) is 4.31 Å². The number of amides is 1. The van der Waals surface area contributed by atoms with Crippen LogP contribution >= 0.6 is 0 Å². The lowest BCUT2D eigenvalue weighted by Gasteiger charge is -2.27. The maximum Gasteiger partial charge on any atom is 0.257 e. The molecule has 0 fully saturated rings. The van der Waals surface area contributed by atoms with Gasteiger partial charge in [0, 0.05) is 31.2 Å². The van der Waals surface area contributed by atoms with Gasteiger partial charge in [-0.15, -0.1) is 0 Å². The molecule has 4 rings (SSSR count). The number of carbonyl (C=O) groups excluding carboxylic acids is 1. The van der Waals surface area contributed by atoms with Crippen LogP contribution in [0.3, 0.4) is 0 Å². The fourth-order valence-electron chi connectivity index (χ4n) is 3.36. The molecule has 0 saturated heterocycles. The van der Waals surface area contributed by atoms with E-state index in [2.05, 4.69) is 20.3 Å². The Morgan fingerprint density at radius 1 is 1.30 bits per heavy atom. The number of pyridine rings is 1. The zero-order valence-corrected chi connectivity index (χ0v) is 15.8. The Kier molecular flexibility index (Phi) is 4.20. The topological polar surface area (TPSA) is 108 Å². The van der Waals surface area contributed by atoms with E-state index in [1.807, 2.05) is 19.1 Å². The van der Waals surface area contributed by atoms with Crippen molar-refractivity contribution in [2.75, 3.05) is 18.1 Å². The van der Waals surface area contributed by atoms with E-state index in [1.165, 1.54) is 16.8 Å². The highest BCUT2D eigenvalue weighted by Gasteiger charge is 2.26. The Bertz CT molecular complexity index is 1150. The van der Waals surface area contributed by atoms with Gasteiger partial charge in [0.25, 0.3) is 5.91 Å². The first kappa shape index (κ1) is 17.6. The zero-order chi connectivity index (χ0) is 19.2. The highest BCUT2D eigenvalue weighted by molar-refractivity contribution is 7.88. The van der Waals surface area contributed by atoms with Crippen molar-refractivity contribution >= 4 is 32.7 Å². The second kappa shape index (κ2) is 6.43. The molecule has 2 N–H and O–H groups in total. The predicted molar refractivity (Wildman–Crippen MR) is 102 cm³/mol. The van der Waals surface area contributed by atoms with E-state index in [-0.39, 0.29) is 12.5 Å². The third-order valence-corrected chi connectivity index (χ3v) is 5.93. The molecule has 2 aromatic heterocycles. The standard InChI is InChI=1S/C18H19N5O3S/c1-11-20-16-4-3-13(7-17(16)21-11)22-18(24)15-9-19-8-12-10-23(27(2,25)26)6-5-14(12)15/h3-4,7-9H,5-6,10H2,1-2H3,(H,20,21)(H,22,24). The van der Waals surface area contributed by atoms with E-state index in [0.29, 0.717) is 24.2 Å². The summed E-state index contributed by atoms with van der Waals surface area (Å²) in [5.41, 5.74) is 4.43. The minimum Gasteiger partial charge on any atom is -0.342 e. The van der Waals surface area contributed by atoms with E-state index in [9.17, 15) is 13.2 Å². The average Bonchev–Trinajstić information content (AvgIpc) is 2.99. The van der Waals surface area contributed by atoms with Gasteiger partial charge in [0.1, 0.15) is 5.82 Å². The molecule has 0 bridgehead atoms. The first-order chi connectivity index (χ1) is 12.8. The van der Waals surface area contributed by atoms with Crippen molar-refractivity contribution in [3.63, 3.8) is 0 Å². The number of nitrogens with one attached hydrogen (secondary N) is 2. The van der Waals surface area contributed by atoms with Gasteiger partial charge in [-0.25, -0.2) is 13.4 Å². The van der Waals surface area contributed by atoms with Crippen molar-refractivity contribution < 1.29 is 13.2 Å². The number of fused-ring (bicyclic) bond motifs is 2. The maximum absolute atomic E-state index is 12.8. The number of H-pyrrole nitrogens is 1. The van der Waals surface area contributed by atoms with Crippen LogP contribution in [0.1, 0.15) is 27.3 Å². The number of carbonyl (C=O) groups is 1. The van der Waals surface area contributed by atoms with Crippen molar-refractivity contribution in [2.45, 2.75) is 19.9 Å². The zero-order valence-electron chi connectivity index (χ0n) is 15.0. The van der Waals surface area contributed by atoms with E-state index in [1.54, 1.807) is 12.3 Å². The number of hydrogen-bond acceptors (Lipinski definition) is 5. The van der Waals surface area contributed by atoms with Gasteiger partial charge in [-0.05, 0) is 42.7 Å². The molecule has 27 heavy (non-hydrogen) atoms. The number of imidazole rings is 1. The molecule has 0 atom stereocenters. The Labute approximate surface area is 156 Å². The average molecular weight is 385 g/mol. The summed E-state index contributed by atoms with van der Waals surface area (Å²) in [6.45, 7) is 2.47. The molecule has 0 aliphatic carbocycles. The highest BCUT2D eigenvalue weighted by atomic mass is 32.2. The molecule has 0 spiro atoms. The molecule has 1 aliphatic rings. The summed E-state index contributed by atoms with van der Waals surface area (Å²) in [5, 5.41) is 2.89. The molecule has 3 heterocycles. The van der Waals surface area contributed by atoms with Crippen LogP contribution in [0.5, 0.6) is 0 Å². The molecule has 0 radical (unpaired) electrons.